The van der Waals surface area contributed by atoms with Gasteiger partial charge in [-0.15, -0.1) is 0 Å². The summed E-state index contributed by atoms with van der Waals surface area (Å²) in [5, 5.41) is 6.20. The Kier molecular flexibility index (Phi) is 4.70. The van der Waals surface area contributed by atoms with Crippen LogP contribution in [0.5, 0.6) is 0 Å². The van der Waals surface area contributed by atoms with E-state index in [1.165, 1.54) is 6.42 Å². The van der Waals surface area contributed by atoms with E-state index in [9.17, 15) is 4.79 Å². The van der Waals surface area contributed by atoms with Gasteiger partial charge in [-0.05, 0) is 38.3 Å². The van der Waals surface area contributed by atoms with Gasteiger partial charge in [0.15, 0.2) is 5.65 Å². The normalized spacial score (nSPS) is 18.1. The van der Waals surface area contributed by atoms with Crippen molar-refractivity contribution in [1.82, 2.24) is 24.4 Å². The van der Waals surface area contributed by atoms with Crippen LogP contribution in [0.1, 0.15) is 25.0 Å². The van der Waals surface area contributed by atoms with Crippen molar-refractivity contribution < 1.29 is 4.79 Å². The maximum Gasteiger partial charge on any atom is 0.320 e. The summed E-state index contributed by atoms with van der Waals surface area (Å²) in [5.41, 5.74) is 2.46. The SMILES string of the molecule is Cc1nn2c(nc(N3CCN(C(=O)N4CCCCC4)CC3)c3ccccc32)c1Cl. The number of piperidine rings is 1. The summed E-state index contributed by atoms with van der Waals surface area (Å²) in [6, 6.07) is 8.34. The second kappa shape index (κ2) is 7.37. The number of hydrogen-bond donors (Lipinski definition) is 0. The number of carbonyl (C=O) groups is 1. The largest absolute Gasteiger partial charge is 0.352 e. The quantitative estimate of drug-likeness (QED) is 0.613. The molecule has 3 aromatic rings. The van der Waals surface area contributed by atoms with Crippen LogP contribution in [0.15, 0.2) is 24.3 Å². The fourth-order valence-corrected chi connectivity index (χ4v) is 4.56. The van der Waals surface area contributed by atoms with Gasteiger partial charge in [-0.3, -0.25) is 0 Å². The number of benzene rings is 1. The van der Waals surface area contributed by atoms with E-state index >= 15 is 0 Å². The van der Waals surface area contributed by atoms with Crippen LogP contribution in [-0.2, 0) is 0 Å². The zero-order valence-corrected chi connectivity index (χ0v) is 17.4. The average Bonchev–Trinajstić information content (AvgIpc) is 3.07. The lowest BCUT2D eigenvalue weighted by atomic mass is 10.1. The van der Waals surface area contributed by atoms with Crippen LogP contribution in [0, 0.1) is 6.92 Å². The third-order valence-corrected chi connectivity index (χ3v) is 6.47. The van der Waals surface area contributed by atoms with Gasteiger partial charge < -0.3 is 14.7 Å². The number of para-hydroxylation sites is 1. The van der Waals surface area contributed by atoms with E-state index in [1.54, 1.807) is 0 Å². The first-order valence-corrected chi connectivity index (χ1v) is 10.7. The van der Waals surface area contributed by atoms with Crippen molar-refractivity contribution in [2.45, 2.75) is 26.2 Å². The second-order valence-corrected chi connectivity index (χ2v) is 8.27. The molecule has 2 aromatic heterocycles. The van der Waals surface area contributed by atoms with Crippen molar-refractivity contribution in [3.05, 3.63) is 35.0 Å². The number of aryl methyl sites for hydroxylation is 1. The Balaban J connectivity index is 1.43. The molecule has 0 radical (unpaired) electrons. The molecule has 29 heavy (non-hydrogen) atoms. The van der Waals surface area contributed by atoms with E-state index in [0.29, 0.717) is 23.8 Å². The minimum absolute atomic E-state index is 0.187. The molecule has 1 aromatic carbocycles. The summed E-state index contributed by atoms with van der Waals surface area (Å²) in [6.45, 7) is 6.62. The molecule has 0 atom stereocenters. The third-order valence-electron chi connectivity index (χ3n) is 6.03. The van der Waals surface area contributed by atoms with Crippen LogP contribution in [0.3, 0.4) is 0 Å². The first kappa shape index (κ1) is 18.5. The van der Waals surface area contributed by atoms with E-state index in [2.05, 4.69) is 16.1 Å². The first-order valence-electron chi connectivity index (χ1n) is 10.4. The molecule has 152 valence electrons. The molecule has 8 heteroatoms. The zero-order valence-electron chi connectivity index (χ0n) is 16.6. The molecular formula is C21H25ClN6O. The Hall–Kier alpha value is -2.54. The third kappa shape index (κ3) is 3.17. The Morgan fingerprint density at radius 3 is 2.41 bits per heavy atom. The summed E-state index contributed by atoms with van der Waals surface area (Å²) in [6.07, 6.45) is 3.47. The fraction of sp³-hybridized carbons (Fsp3) is 0.476. The molecule has 5 rings (SSSR count). The number of rotatable bonds is 1. The molecule has 0 aliphatic carbocycles. The number of fused-ring (bicyclic) bond motifs is 3. The minimum atomic E-state index is 0.187. The van der Waals surface area contributed by atoms with Gasteiger partial charge in [0.2, 0.25) is 0 Å². The molecule has 0 spiro atoms. The highest BCUT2D eigenvalue weighted by atomic mass is 35.5. The molecular weight excluding hydrogens is 388 g/mol. The number of carbonyl (C=O) groups excluding carboxylic acids is 1. The molecule has 2 amide bonds. The highest BCUT2D eigenvalue weighted by Crippen LogP contribution is 2.30. The maximum absolute atomic E-state index is 12.8. The van der Waals surface area contributed by atoms with Crippen molar-refractivity contribution in [2.75, 3.05) is 44.2 Å². The van der Waals surface area contributed by atoms with Gasteiger partial charge in [-0.2, -0.15) is 5.10 Å². The number of piperazine rings is 1. The number of nitrogens with zero attached hydrogens (tertiary/aromatic N) is 6. The van der Waals surface area contributed by atoms with E-state index in [-0.39, 0.29) is 6.03 Å². The Labute approximate surface area is 174 Å². The molecule has 4 heterocycles. The van der Waals surface area contributed by atoms with Gasteiger partial charge in [0, 0.05) is 44.7 Å². The maximum atomic E-state index is 12.8. The molecule has 7 nitrogen and oxygen atoms in total. The fourth-order valence-electron chi connectivity index (χ4n) is 4.40. The van der Waals surface area contributed by atoms with E-state index in [4.69, 9.17) is 16.6 Å². The number of urea groups is 1. The molecule has 0 unspecified atom stereocenters. The van der Waals surface area contributed by atoms with Crippen LogP contribution in [0.4, 0.5) is 10.6 Å². The van der Waals surface area contributed by atoms with Gasteiger partial charge in [0.25, 0.3) is 0 Å². The molecule has 0 saturated carbocycles. The van der Waals surface area contributed by atoms with Gasteiger partial charge in [0.05, 0.1) is 11.2 Å². The van der Waals surface area contributed by atoms with Crippen molar-refractivity contribution in [3.8, 4) is 0 Å². The smallest absolute Gasteiger partial charge is 0.320 e. The Morgan fingerprint density at radius 2 is 1.66 bits per heavy atom. The molecule has 2 saturated heterocycles. The number of halogens is 1. The summed E-state index contributed by atoms with van der Waals surface area (Å²) < 4.78 is 1.83. The van der Waals surface area contributed by atoms with E-state index in [0.717, 1.165) is 61.4 Å². The topological polar surface area (TPSA) is 57.0 Å². The predicted molar refractivity (Wildman–Crippen MR) is 115 cm³/mol. The molecule has 2 aliphatic rings. The van der Waals surface area contributed by atoms with Crippen molar-refractivity contribution in [2.24, 2.45) is 0 Å². The van der Waals surface area contributed by atoms with Crippen molar-refractivity contribution >= 4 is 40.0 Å². The summed E-state index contributed by atoms with van der Waals surface area (Å²) in [5.74, 6) is 0.917. The predicted octanol–water partition coefficient (Wildman–Crippen LogP) is 3.57. The van der Waals surface area contributed by atoms with Crippen LogP contribution in [0.2, 0.25) is 5.02 Å². The molecule has 2 aliphatic heterocycles. The van der Waals surface area contributed by atoms with Crippen molar-refractivity contribution in [1.29, 1.82) is 0 Å². The lowest BCUT2D eigenvalue weighted by Crippen LogP contribution is -2.53. The Bertz CT molecular complexity index is 1070. The van der Waals surface area contributed by atoms with Crippen LogP contribution in [-0.4, -0.2) is 69.7 Å². The highest BCUT2D eigenvalue weighted by Gasteiger charge is 2.28. The second-order valence-electron chi connectivity index (χ2n) is 7.89. The van der Waals surface area contributed by atoms with Gasteiger partial charge in [0.1, 0.15) is 10.8 Å². The lowest BCUT2D eigenvalue weighted by molar-refractivity contribution is 0.141. The standard InChI is InChI=1S/C21H25ClN6O/c1-15-18(22)20-23-19(16-7-3-4-8-17(16)28(20)24-15)25-11-13-27(14-12-25)21(29)26-9-5-2-6-10-26/h3-4,7-8H,2,5-6,9-14H2,1H3. The van der Waals surface area contributed by atoms with Crippen molar-refractivity contribution in [3.63, 3.8) is 0 Å². The lowest BCUT2D eigenvalue weighted by Gasteiger charge is -2.39. The number of amides is 2. The molecule has 0 N–H and O–H groups in total. The van der Waals surface area contributed by atoms with Crippen LogP contribution < -0.4 is 4.90 Å². The first-order chi connectivity index (χ1) is 14.1. The van der Waals surface area contributed by atoms with Crippen LogP contribution >= 0.6 is 11.6 Å². The minimum Gasteiger partial charge on any atom is -0.352 e. The van der Waals surface area contributed by atoms with Gasteiger partial charge >= 0.3 is 6.03 Å². The van der Waals surface area contributed by atoms with Gasteiger partial charge in [-0.25, -0.2) is 14.3 Å². The Morgan fingerprint density at radius 1 is 0.966 bits per heavy atom. The summed E-state index contributed by atoms with van der Waals surface area (Å²) >= 11 is 6.48. The number of anilines is 1. The zero-order chi connectivity index (χ0) is 20.0. The number of likely N-dealkylation sites (tertiary alicyclic amines) is 1. The van der Waals surface area contributed by atoms with Crippen LogP contribution in [0.25, 0.3) is 16.6 Å². The van der Waals surface area contributed by atoms with E-state index in [1.807, 2.05) is 39.4 Å². The monoisotopic (exact) mass is 412 g/mol. The molecule has 0 bridgehead atoms. The highest BCUT2D eigenvalue weighted by molar-refractivity contribution is 6.34. The van der Waals surface area contributed by atoms with E-state index < -0.39 is 0 Å². The molecule has 2 fully saturated rings. The summed E-state index contributed by atoms with van der Waals surface area (Å²) in [7, 11) is 0. The average molecular weight is 413 g/mol. The number of hydrogen-bond acceptors (Lipinski definition) is 4. The summed E-state index contributed by atoms with van der Waals surface area (Å²) in [4.78, 5) is 24.0. The number of aromatic nitrogens is 3. The van der Waals surface area contributed by atoms with Gasteiger partial charge in [-0.1, -0.05) is 23.7 Å².